The molecule has 0 heterocycles. The van der Waals surface area contributed by atoms with E-state index in [1.54, 1.807) is 0 Å². The van der Waals surface area contributed by atoms with E-state index in [0.717, 1.165) is 0 Å². The van der Waals surface area contributed by atoms with E-state index in [0.29, 0.717) is 266 Å². The first-order valence-corrected chi connectivity index (χ1v) is 26.3. The van der Waals surface area contributed by atoms with Crippen molar-refractivity contribution in [3.8, 4) is 0 Å². The Morgan fingerprint density at radius 3 is 0.612 bits per heavy atom. The molecule has 21 nitrogen and oxygen atoms in total. The van der Waals surface area contributed by atoms with Gasteiger partial charge in [0.1, 0.15) is 6.61 Å². The van der Waals surface area contributed by atoms with Crippen LogP contribution in [0.15, 0.2) is 0 Å². The van der Waals surface area contributed by atoms with Crippen molar-refractivity contribution in [2.24, 2.45) is 0 Å². The van der Waals surface area contributed by atoms with Crippen LogP contribution >= 0.6 is 25.3 Å². The molecule has 0 atom stereocenters. The third-order valence-corrected chi connectivity index (χ3v) is 10.2. The van der Waals surface area contributed by atoms with Crippen molar-refractivity contribution < 1.29 is 112 Å². The number of hydrogen-bond donors (Lipinski definition) is 2. The van der Waals surface area contributed by atoms with Crippen LogP contribution in [0.4, 0.5) is 0 Å². The number of rotatable bonds is 61. The molecule has 0 aromatic carbocycles. The summed E-state index contributed by atoms with van der Waals surface area (Å²) in [7, 11) is 0. The first-order valence-electron chi connectivity index (χ1n) is 23.2. The molecule has 67 heavy (non-hydrogen) atoms. The molecule has 24 heteroatoms. The Morgan fingerprint density at radius 2 is 0.433 bits per heavy atom. The number of hydrogen-bond acceptors (Lipinski definition) is 23. The first kappa shape index (κ1) is 66.8. The van der Waals surface area contributed by atoms with Crippen molar-refractivity contribution in [3.63, 3.8) is 0 Å². The SMILES string of the molecule is O=C(CCS)OCCOCCOCCOCCOCCOCCOCCOCCOCCOCCOCCOCCOCCOCCOCCOCCOCCOCCOC[CH2][Co](=[O])[CH2]CS. The average molecular weight is 1060 g/mol. The van der Waals surface area contributed by atoms with Crippen LogP contribution in [-0.2, 0) is 112 Å². The Bertz CT molecular complexity index is 903. The summed E-state index contributed by atoms with van der Waals surface area (Å²) in [5, 5.41) is 1.20. The molecule has 0 saturated heterocycles. The summed E-state index contributed by atoms with van der Waals surface area (Å²) in [4.78, 5) is 11.2. The second kappa shape index (κ2) is 61.9. The van der Waals surface area contributed by atoms with Crippen molar-refractivity contribution in [1.82, 2.24) is 0 Å². The normalized spacial score (nSPS) is 11.8. The van der Waals surface area contributed by atoms with Gasteiger partial charge in [0.2, 0.25) is 0 Å². The molecule has 0 amide bonds. The zero-order chi connectivity index (χ0) is 48.3. The molecule has 0 radical (unpaired) electrons. The van der Waals surface area contributed by atoms with Gasteiger partial charge < -0.3 is 71.1 Å². The molecule has 0 saturated carbocycles. The Labute approximate surface area is 415 Å². The van der Waals surface area contributed by atoms with Crippen molar-refractivity contribution in [2.45, 2.75) is 17.1 Å². The van der Waals surface area contributed by atoms with Gasteiger partial charge >= 0.3 is 118 Å². The topological polar surface area (TPSA) is 210 Å². The van der Waals surface area contributed by atoms with E-state index in [1.165, 1.54) is 0 Å². The van der Waals surface area contributed by atoms with E-state index >= 15 is 0 Å². The van der Waals surface area contributed by atoms with Crippen LogP contribution in [0.1, 0.15) is 6.42 Å². The standard InChI is InChI=1S/C41H81O20S.C2H5S.Co.O/c1-2-43-4-5-44-6-7-45-8-9-46-10-11-47-12-13-48-14-15-49-16-17-50-18-19-51-20-21-52-22-23-53-24-25-54-26-27-55-28-29-56-30-31-57-32-33-58-34-35-59-36-37-60-38-39-61-41(42)3-40-62;1-2-3;;/h62H,1-40H2;3H,1-2H2;;. The molecular weight excluding hydrogens is 976 g/mol. The molecule has 0 aromatic heterocycles. The third kappa shape index (κ3) is 61.8. The van der Waals surface area contributed by atoms with Gasteiger partial charge in [-0.1, -0.05) is 0 Å². The summed E-state index contributed by atoms with van der Waals surface area (Å²) in [6.07, 6.45) is 0.300. The Hall–Kier alpha value is -0.244. The van der Waals surface area contributed by atoms with Gasteiger partial charge in [-0.25, -0.2) is 0 Å². The van der Waals surface area contributed by atoms with Crippen molar-refractivity contribution in [3.05, 3.63) is 0 Å². The van der Waals surface area contributed by atoms with Gasteiger partial charge in [-0.2, -0.15) is 12.6 Å². The molecule has 0 unspecified atom stereocenters. The molecule has 0 fully saturated rings. The molecular formula is C43H86CoO21S2. The zero-order valence-corrected chi connectivity index (χ0v) is 42.8. The van der Waals surface area contributed by atoms with Crippen LogP contribution in [0.2, 0.25) is 10.7 Å². The number of ether oxygens (including phenoxy) is 19. The second-order valence-corrected chi connectivity index (χ2v) is 16.2. The van der Waals surface area contributed by atoms with Gasteiger partial charge in [0, 0.05) is 5.75 Å². The zero-order valence-electron chi connectivity index (χ0n) is 40.0. The molecule has 0 rings (SSSR count). The van der Waals surface area contributed by atoms with Crippen LogP contribution in [0.5, 0.6) is 0 Å². The second-order valence-electron chi connectivity index (χ2n) is 13.1. The average Bonchev–Trinajstić information content (AvgIpc) is 3.32. The third-order valence-electron chi connectivity index (χ3n) is 7.79. The number of carbonyl (C=O) groups excluding carboxylic acids is 1. The van der Waals surface area contributed by atoms with E-state index in [1.807, 2.05) is 0 Å². The van der Waals surface area contributed by atoms with Gasteiger partial charge in [0.25, 0.3) is 0 Å². The van der Waals surface area contributed by atoms with Crippen LogP contribution < -0.4 is 0 Å². The molecule has 0 spiro atoms. The number of esters is 1. The maximum absolute atomic E-state index is 11.5. The molecule has 405 valence electrons. The summed E-state index contributed by atoms with van der Waals surface area (Å²) in [5.41, 5.74) is 0. The summed E-state index contributed by atoms with van der Waals surface area (Å²) >= 11 is 6.87. The predicted molar refractivity (Wildman–Crippen MR) is 248 cm³/mol. The van der Waals surface area contributed by atoms with Gasteiger partial charge in [-0.3, -0.25) is 4.79 Å². The Morgan fingerprint density at radius 1 is 0.254 bits per heavy atom. The summed E-state index contributed by atoms with van der Waals surface area (Å²) in [6.45, 7) is 17.4. The van der Waals surface area contributed by atoms with E-state index in [-0.39, 0.29) is 12.6 Å². The van der Waals surface area contributed by atoms with Crippen molar-refractivity contribution >= 4 is 31.2 Å². The Kier molecular flexibility index (Phi) is 61.7. The van der Waals surface area contributed by atoms with E-state index < -0.39 is 13.6 Å². The molecule has 0 aromatic rings. The van der Waals surface area contributed by atoms with Crippen LogP contribution in [0.25, 0.3) is 0 Å². The van der Waals surface area contributed by atoms with Crippen LogP contribution in [0.3, 0.4) is 0 Å². The van der Waals surface area contributed by atoms with Gasteiger partial charge in [-0.05, 0) is 0 Å². The fraction of sp³-hybridized carbons (Fsp3) is 0.977. The number of carbonyl (C=O) groups is 1. The van der Waals surface area contributed by atoms with Gasteiger partial charge in [-0.15, -0.1) is 0 Å². The quantitative estimate of drug-likeness (QED) is 0.0506. The predicted octanol–water partition coefficient (Wildman–Crippen LogP) is 1.88. The van der Waals surface area contributed by atoms with E-state index in [2.05, 4.69) is 25.3 Å². The van der Waals surface area contributed by atoms with Gasteiger partial charge in [0.15, 0.2) is 0 Å². The summed E-state index contributed by atoms with van der Waals surface area (Å²) in [5.74, 6) is 0.841. The molecule has 0 bridgehead atoms. The summed E-state index contributed by atoms with van der Waals surface area (Å²) in [6, 6.07) is 0. The number of thiol groups is 2. The minimum absolute atomic E-state index is 0.234. The van der Waals surface area contributed by atoms with Crippen molar-refractivity contribution in [2.75, 3.05) is 256 Å². The molecule has 0 aliphatic heterocycles. The first-order chi connectivity index (χ1) is 33.2. The molecule has 0 aliphatic rings. The monoisotopic (exact) mass is 1060 g/mol. The fourth-order valence-electron chi connectivity index (χ4n) is 4.51. The maximum atomic E-state index is 11.5. The minimum atomic E-state index is -1.18. The van der Waals surface area contributed by atoms with E-state index in [9.17, 15) is 8.66 Å². The Balaban J connectivity index is 3.09. The van der Waals surface area contributed by atoms with Crippen molar-refractivity contribution in [1.29, 1.82) is 0 Å². The molecule has 0 aliphatic carbocycles. The van der Waals surface area contributed by atoms with Crippen LogP contribution in [0, 0.1) is 0 Å². The summed E-state index contributed by atoms with van der Waals surface area (Å²) < 4.78 is 115. The molecule has 0 N–H and O–H groups in total. The van der Waals surface area contributed by atoms with Gasteiger partial charge in [0.05, 0.1) is 198 Å². The van der Waals surface area contributed by atoms with Crippen LogP contribution in [-0.4, -0.2) is 262 Å². The van der Waals surface area contributed by atoms with E-state index in [4.69, 9.17) is 90.0 Å². The fourth-order valence-corrected chi connectivity index (χ4v) is 6.28.